The van der Waals surface area contributed by atoms with Gasteiger partial charge in [0.15, 0.2) is 5.13 Å². The third-order valence-corrected chi connectivity index (χ3v) is 4.31. The number of nitrogens with one attached hydrogen (secondary N) is 2. The summed E-state index contributed by atoms with van der Waals surface area (Å²) in [6.45, 7) is 0.724. The second kappa shape index (κ2) is 7.84. The van der Waals surface area contributed by atoms with E-state index in [1.165, 1.54) is 13.3 Å². The van der Waals surface area contributed by atoms with Gasteiger partial charge in [-0.05, 0) is 18.2 Å². The van der Waals surface area contributed by atoms with Gasteiger partial charge in [-0.3, -0.25) is 10.3 Å². The summed E-state index contributed by atoms with van der Waals surface area (Å²) in [5, 5.41) is 5.50. The molecule has 142 valence electrons. The van der Waals surface area contributed by atoms with Crippen LogP contribution in [0.3, 0.4) is 0 Å². The standard InChI is InChI=1S/C16H14F3N5O2S/c1-26-5-4-21-14(25)24-15-23-12-3-2-11(22-13(12)27-15)9-6-10(8-20-7-9)16(17,18)19/h2-3,6-8H,4-5H2,1H3,(H2,21,23,24,25). The molecule has 0 unspecified atom stereocenters. The van der Waals surface area contributed by atoms with E-state index in [-0.39, 0.29) is 5.56 Å². The Hall–Kier alpha value is -2.79. The van der Waals surface area contributed by atoms with Crippen LogP contribution < -0.4 is 10.6 Å². The fourth-order valence-electron chi connectivity index (χ4n) is 2.17. The van der Waals surface area contributed by atoms with Crippen molar-refractivity contribution in [2.75, 3.05) is 25.6 Å². The highest BCUT2D eigenvalue weighted by Gasteiger charge is 2.31. The van der Waals surface area contributed by atoms with E-state index in [0.29, 0.717) is 34.3 Å². The lowest BCUT2D eigenvalue weighted by Gasteiger charge is -2.07. The van der Waals surface area contributed by atoms with Crippen LogP contribution in [0.4, 0.5) is 23.1 Å². The van der Waals surface area contributed by atoms with Crippen molar-refractivity contribution in [2.45, 2.75) is 6.18 Å². The third kappa shape index (κ3) is 4.68. The van der Waals surface area contributed by atoms with E-state index in [1.807, 2.05) is 0 Å². The molecular weight excluding hydrogens is 383 g/mol. The summed E-state index contributed by atoms with van der Waals surface area (Å²) in [4.78, 5) is 24.4. The van der Waals surface area contributed by atoms with Gasteiger partial charge in [-0.15, -0.1) is 0 Å². The minimum atomic E-state index is -4.48. The van der Waals surface area contributed by atoms with Crippen LogP contribution in [0, 0.1) is 0 Å². The van der Waals surface area contributed by atoms with Crippen molar-refractivity contribution in [3.05, 3.63) is 36.2 Å². The number of ether oxygens (including phenoxy) is 1. The summed E-state index contributed by atoms with van der Waals surface area (Å²) in [5.41, 5.74) is 0.255. The van der Waals surface area contributed by atoms with Crippen LogP contribution >= 0.6 is 11.3 Å². The van der Waals surface area contributed by atoms with E-state index < -0.39 is 17.8 Å². The molecule has 11 heteroatoms. The number of carbonyl (C=O) groups excluding carboxylic acids is 1. The van der Waals surface area contributed by atoms with Gasteiger partial charge in [0.1, 0.15) is 10.3 Å². The van der Waals surface area contributed by atoms with Crippen molar-refractivity contribution in [3.8, 4) is 11.3 Å². The van der Waals surface area contributed by atoms with Crippen LogP contribution in [0.5, 0.6) is 0 Å². The minimum absolute atomic E-state index is 0.243. The molecule has 3 aromatic rings. The number of thiazole rings is 1. The number of rotatable bonds is 5. The van der Waals surface area contributed by atoms with Crippen LogP contribution in [0.25, 0.3) is 21.6 Å². The van der Waals surface area contributed by atoms with Crippen molar-refractivity contribution in [1.82, 2.24) is 20.3 Å². The maximum absolute atomic E-state index is 12.9. The molecule has 0 saturated carbocycles. The molecule has 0 bridgehead atoms. The molecule has 0 aliphatic heterocycles. The molecule has 27 heavy (non-hydrogen) atoms. The van der Waals surface area contributed by atoms with Crippen molar-refractivity contribution in [2.24, 2.45) is 0 Å². The Morgan fingerprint density at radius 2 is 2.07 bits per heavy atom. The fourth-order valence-corrected chi connectivity index (χ4v) is 3.01. The van der Waals surface area contributed by atoms with Crippen LogP contribution in [-0.2, 0) is 10.9 Å². The zero-order chi connectivity index (χ0) is 19.4. The summed E-state index contributed by atoms with van der Waals surface area (Å²) in [6, 6.07) is 3.74. The Morgan fingerprint density at radius 3 is 2.81 bits per heavy atom. The van der Waals surface area contributed by atoms with Crippen LogP contribution in [0.2, 0.25) is 0 Å². The lowest BCUT2D eigenvalue weighted by molar-refractivity contribution is -0.137. The smallest absolute Gasteiger partial charge is 0.383 e. The number of fused-ring (bicyclic) bond motifs is 1. The molecule has 0 aromatic carbocycles. The normalized spacial score (nSPS) is 11.6. The van der Waals surface area contributed by atoms with Crippen LogP contribution in [0.15, 0.2) is 30.6 Å². The van der Waals surface area contributed by atoms with Crippen LogP contribution in [-0.4, -0.2) is 41.2 Å². The Balaban J connectivity index is 1.81. The highest BCUT2D eigenvalue weighted by Crippen LogP contribution is 2.32. The first-order chi connectivity index (χ1) is 12.9. The highest BCUT2D eigenvalue weighted by molar-refractivity contribution is 7.21. The number of anilines is 1. The van der Waals surface area contributed by atoms with E-state index >= 15 is 0 Å². The average molecular weight is 397 g/mol. The summed E-state index contributed by atoms with van der Waals surface area (Å²) in [7, 11) is 1.52. The van der Waals surface area contributed by atoms with E-state index in [1.54, 1.807) is 12.1 Å². The van der Waals surface area contributed by atoms with Gasteiger partial charge in [0.2, 0.25) is 0 Å². The summed E-state index contributed by atoms with van der Waals surface area (Å²) >= 11 is 1.12. The van der Waals surface area contributed by atoms with Crippen LogP contribution in [0.1, 0.15) is 5.56 Å². The van der Waals surface area contributed by atoms with E-state index in [9.17, 15) is 18.0 Å². The summed E-state index contributed by atoms with van der Waals surface area (Å²) in [6.07, 6.45) is -2.41. The Kier molecular flexibility index (Phi) is 5.51. The number of halogens is 3. The monoisotopic (exact) mass is 397 g/mol. The van der Waals surface area contributed by atoms with Gasteiger partial charge >= 0.3 is 12.2 Å². The van der Waals surface area contributed by atoms with Gasteiger partial charge in [-0.2, -0.15) is 13.2 Å². The predicted molar refractivity (Wildman–Crippen MR) is 94.5 cm³/mol. The quantitative estimate of drug-likeness (QED) is 0.643. The maximum atomic E-state index is 12.9. The Morgan fingerprint density at radius 1 is 1.26 bits per heavy atom. The third-order valence-electron chi connectivity index (χ3n) is 3.43. The summed E-state index contributed by atoms with van der Waals surface area (Å²) in [5.74, 6) is 0. The molecule has 2 N–H and O–H groups in total. The van der Waals surface area contributed by atoms with Gasteiger partial charge in [-0.25, -0.2) is 14.8 Å². The first-order valence-corrected chi connectivity index (χ1v) is 8.52. The first-order valence-electron chi connectivity index (χ1n) is 7.71. The van der Waals surface area contributed by atoms with Gasteiger partial charge < -0.3 is 10.1 Å². The fraction of sp³-hybridized carbons (Fsp3) is 0.250. The number of nitrogens with zero attached hydrogens (tertiary/aromatic N) is 3. The van der Waals surface area contributed by atoms with Crippen molar-refractivity contribution in [3.63, 3.8) is 0 Å². The molecule has 2 amide bonds. The van der Waals surface area contributed by atoms with Gasteiger partial charge in [-0.1, -0.05) is 11.3 Å². The number of alkyl halides is 3. The largest absolute Gasteiger partial charge is 0.417 e. The molecular formula is C16H14F3N5O2S. The lowest BCUT2D eigenvalue weighted by Crippen LogP contribution is -2.31. The SMILES string of the molecule is COCCNC(=O)Nc1nc2ccc(-c3cncc(C(F)(F)F)c3)nc2s1. The number of hydrogen-bond donors (Lipinski definition) is 2. The zero-order valence-corrected chi connectivity index (χ0v) is 14.8. The minimum Gasteiger partial charge on any atom is -0.383 e. The predicted octanol–water partition coefficient (Wildman–Crippen LogP) is 3.54. The average Bonchev–Trinajstić information content (AvgIpc) is 3.02. The van der Waals surface area contributed by atoms with E-state index in [0.717, 1.165) is 23.6 Å². The second-order valence-corrected chi connectivity index (χ2v) is 6.35. The lowest BCUT2D eigenvalue weighted by atomic mass is 10.1. The van der Waals surface area contributed by atoms with Crippen molar-refractivity contribution >= 4 is 32.8 Å². The molecule has 0 aliphatic rings. The topological polar surface area (TPSA) is 89.0 Å². The number of urea groups is 1. The summed E-state index contributed by atoms with van der Waals surface area (Å²) < 4.78 is 43.4. The van der Waals surface area contributed by atoms with E-state index in [4.69, 9.17) is 4.74 Å². The molecule has 3 rings (SSSR count). The molecule has 0 radical (unpaired) electrons. The molecule has 0 atom stereocenters. The number of carbonyl (C=O) groups is 1. The number of pyridine rings is 2. The Labute approximate surface area is 155 Å². The van der Waals surface area contributed by atoms with E-state index in [2.05, 4.69) is 25.6 Å². The van der Waals surface area contributed by atoms with Crippen molar-refractivity contribution in [1.29, 1.82) is 0 Å². The van der Waals surface area contributed by atoms with Gasteiger partial charge in [0, 0.05) is 31.6 Å². The molecule has 7 nitrogen and oxygen atoms in total. The molecule has 3 heterocycles. The molecule has 0 aliphatic carbocycles. The number of aromatic nitrogens is 3. The number of hydrogen-bond acceptors (Lipinski definition) is 6. The van der Waals surface area contributed by atoms with Gasteiger partial charge in [0.25, 0.3) is 0 Å². The molecule has 0 spiro atoms. The first kappa shape index (κ1) is 19.0. The zero-order valence-electron chi connectivity index (χ0n) is 14.0. The second-order valence-electron chi connectivity index (χ2n) is 5.37. The Bertz CT molecular complexity index is 961. The number of amides is 2. The molecule has 0 saturated heterocycles. The van der Waals surface area contributed by atoms with Crippen molar-refractivity contribution < 1.29 is 22.7 Å². The molecule has 3 aromatic heterocycles. The van der Waals surface area contributed by atoms with Gasteiger partial charge in [0.05, 0.1) is 17.9 Å². The molecule has 0 fully saturated rings. The highest BCUT2D eigenvalue weighted by atomic mass is 32.1. The number of methoxy groups -OCH3 is 1. The maximum Gasteiger partial charge on any atom is 0.417 e.